The van der Waals surface area contributed by atoms with Gasteiger partial charge < -0.3 is 9.84 Å². The number of ether oxygens (including phenoxy) is 1. The Balaban J connectivity index is 6.11. The standard InChI is InChI=1S/C10H9F13O2/c1-2-25-3-4(24)5(11,12)6(13,14)7(15,16)8(17,18)9(19,20)10(21,22)23/h4,24H,2-3H2,1H3. The maximum absolute atomic E-state index is 13.2. The van der Waals surface area contributed by atoms with Crippen LogP contribution in [0.2, 0.25) is 0 Å². The van der Waals surface area contributed by atoms with E-state index in [-0.39, 0.29) is 0 Å². The molecule has 152 valence electrons. The van der Waals surface area contributed by atoms with Crippen LogP contribution in [0.1, 0.15) is 6.92 Å². The van der Waals surface area contributed by atoms with Crippen molar-refractivity contribution in [2.45, 2.75) is 48.8 Å². The molecular weight excluding hydrogens is 399 g/mol. The van der Waals surface area contributed by atoms with Gasteiger partial charge in [-0.05, 0) is 6.92 Å². The average Bonchev–Trinajstić information content (AvgIpc) is 2.42. The Morgan fingerprint density at radius 3 is 1.36 bits per heavy atom. The first kappa shape index (κ1) is 24.0. The van der Waals surface area contributed by atoms with Gasteiger partial charge in [0.1, 0.15) is 6.10 Å². The zero-order chi connectivity index (χ0) is 20.7. The van der Waals surface area contributed by atoms with Crippen molar-refractivity contribution in [3.8, 4) is 0 Å². The van der Waals surface area contributed by atoms with Gasteiger partial charge in [0.25, 0.3) is 0 Å². The minimum absolute atomic E-state index is 0.544. The summed E-state index contributed by atoms with van der Waals surface area (Å²) in [6.07, 6.45) is -11.4. The topological polar surface area (TPSA) is 29.5 Å². The van der Waals surface area contributed by atoms with E-state index in [1.165, 1.54) is 0 Å². The van der Waals surface area contributed by atoms with Gasteiger partial charge in [0.05, 0.1) is 6.61 Å². The molecule has 1 unspecified atom stereocenters. The van der Waals surface area contributed by atoms with Gasteiger partial charge in [-0.25, -0.2) is 0 Å². The normalized spacial score (nSPS) is 16.9. The van der Waals surface area contributed by atoms with Crippen LogP contribution >= 0.6 is 0 Å². The van der Waals surface area contributed by atoms with Crippen LogP contribution in [0.4, 0.5) is 57.1 Å². The molecule has 0 saturated heterocycles. The van der Waals surface area contributed by atoms with Crippen molar-refractivity contribution in [1.82, 2.24) is 0 Å². The van der Waals surface area contributed by atoms with E-state index in [1.807, 2.05) is 0 Å². The molecule has 0 bridgehead atoms. The van der Waals surface area contributed by atoms with E-state index in [2.05, 4.69) is 4.74 Å². The summed E-state index contributed by atoms with van der Waals surface area (Å²) in [5, 5.41) is 8.69. The Labute approximate surface area is 130 Å². The third kappa shape index (κ3) is 3.48. The highest BCUT2D eigenvalue weighted by Gasteiger charge is 2.91. The van der Waals surface area contributed by atoms with E-state index in [4.69, 9.17) is 5.11 Å². The zero-order valence-corrected chi connectivity index (χ0v) is 11.8. The molecule has 1 N–H and O–H groups in total. The summed E-state index contributed by atoms with van der Waals surface area (Å²) >= 11 is 0. The predicted molar refractivity (Wildman–Crippen MR) is 53.3 cm³/mol. The fourth-order valence-electron chi connectivity index (χ4n) is 1.33. The lowest BCUT2D eigenvalue weighted by molar-refractivity contribution is -0.444. The Kier molecular flexibility index (Phi) is 6.37. The van der Waals surface area contributed by atoms with Crippen LogP contribution in [0, 0.1) is 0 Å². The molecule has 0 aliphatic heterocycles. The molecule has 0 aromatic carbocycles. The molecule has 0 rings (SSSR count). The van der Waals surface area contributed by atoms with Gasteiger partial charge in [-0.2, -0.15) is 57.1 Å². The van der Waals surface area contributed by atoms with Crippen molar-refractivity contribution in [1.29, 1.82) is 0 Å². The molecule has 0 saturated carbocycles. The van der Waals surface area contributed by atoms with E-state index >= 15 is 0 Å². The predicted octanol–water partition coefficient (Wildman–Crippen LogP) is 4.12. The molecule has 0 heterocycles. The van der Waals surface area contributed by atoms with E-state index in [0.29, 0.717) is 0 Å². The lowest BCUT2D eigenvalue weighted by Crippen LogP contribution is -2.71. The third-order valence-electron chi connectivity index (χ3n) is 2.86. The molecule has 25 heavy (non-hydrogen) atoms. The minimum atomic E-state index is -7.98. The van der Waals surface area contributed by atoms with Gasteiger partial charge >= 0.3 is 35.8 Å². The summed E-state index contributed by atoms with van der Waals surface area (Å²) in [6, 6.07) is 0. The summed E-state index contributed by atoms with van der Waals surface area (Å²) in [5.41, 5.74) is 0. The summed E-state index contributed by atoms with van der Waals surface area (Å²) < 4.78 is 169. The van der Waals surface area contributed by atoms with Crippen LogP contribution in [0.5, 0.6) is 0 Å². The minimum Gasteiger partial charge on any atom is -0.384 e. The van der Waals surface area contributed by atoms with Crippen LogP contribution in [-0.4, -0.2) is 60.2 Å². The number of hydrogen-bond acceptors (Lipinski definition) is 2. The Hall–Kier alpha value is -0.990. The molecule has 1 atom stereocenters. The van der Waals surface area contributed by atoms with Crippen molar-refractivity contribution in [2.75, 3.05) is 13.2 Å². The Morgan fingerprint density at radius 2 is 1.04 bits per heavy atom. The highest BCUT2D eigenvalue weighted by Crippen LogP contribution is 2.60. The summed E-state index contributed by atoms with van der Waals surface area (Å²) in [7, 11) is 0. The first-order valence-electron chi connectivity index (χ1n) is 5.95. The van der Waals surface area contributed by atoms with E-state index in [1.54, 1.807) is 0 Å². The molecule has 0 aromatic rings. The number of halogens is 13. The first-order chi connectivity index (χ1) is 10.7. The number of aliphatic hydroxyl groups excluding tert-OH is 1. The number of hydrogen-bond donors (Lipinski definition) is 1. The monoisotopic (exact) mass is 408 g/mol. The van der Waals surface area contributed by atoms with Crippen molar-refractivity contribution >= 4 is 0 Å². The van der Waals surface area contributed by atoms with E-state index < -0.39 is 55.1 Å². The van der Waals surface area contributed by atoms with Crippen molar-refractivity contribution in [2.24, 2.45) is 0 Å². The Morgan fingerprint density at radius 1 is 0.680 bits per heavy atom. The lowest BCUT2D eigenvalue weighted by atomic mass is 9.92. The van der Waals surface area contributed by atoms with Gasteiger partial charge in [-0.15, -0.1) is 0 Å². The van der Waals surface area contributed by atoms with Gasteiger partial charge in [0.2, 0.25) is 0 Å². The summed E-state index contributed by atoms with van der Waals surface area (Å²) in [5.74, 6) is -37.7. The van der Waals surface area contributed by atoms with Gasteiger partial charge in [-0.1, -0.05) is 0 Å². The molecular formula is C10H9F13O2. The molecule has 0 aliphatic rings. The Bertz CT molecular complexity index is 456. The van der Waals surface area contributed by atoms with Crippen LogP contribution in [-0.2, 0) is 4.74 Å². The van der Waals surface area contributed by atoms with Gasteiger partial charge in [0.15, 0.2) is 0 Å². The lowest BCUT2D eigenvalue weighted by Gasteiger charge is -2.40. The third-order valence-corrected chi connectivity index (χ3v) is 2.86. The molecule has 2 nitrogen and oxygen atoms in total. The number of aliphatic hydroxyl groups is 1. The highest BCUT2D eigenvalue weighted by molar-refractivity contribution is 5.11. The zero-order valence-electron chi connectivity index (χ0n) is 11.8. The fourth-order valence-corrected chi connectivity index (χ4v) is 1.33. The number of rotatable bonds is 8. The first-order valence-corrected chi connectivity index (χ1v) is 5.95. The van der Waals surface area contributed by atoms with Crippen LogP contribution in [0.3, 0.4) is 0 Å². The molecule has 0 fully saturated rings. The molecule has 0 radical (unpaired) electrons. The SMILES string of the molecule is CCOCC(O)C(F)(F)C(F)(F)C(F)(F)C(F)(F)C(F)(F)C(F)(F)F. The maximum atomic E-state index is 13.2. The van der Waals surface area contributed by atoms with Crippen LogP contribution < -0.4 is 0 Å². The quantitative estimate of drug-likeness (QED) is 0.613. The molecule has 0 spiro atoms. The van der Waals surface area contributed by atoms with Gasteiger partial charge in [0, 0.05) is 6.61 Å². The van der Waals surface area contributed by atoms with Gasteiger partial charge in [-0.3, -0.25) is 0 Å². The van der Waals surface area contributed by atoms with Crippen LogP contribution in [0.25, 0.3) is 0 Å². The largest absolute Gasteiger partial charge is 0.460 e. The summed E-state index contributed by atoms with van der Waals surface area (Å²) in [6.45, 7) is -1.32. The second-order valence-corrected chi connectivity index (χ2v) is 4.59. The average molecular weight is 408 g/mol. The summed E-state index contributed by atoms with van der Waals surface area (Å²) in [4.78, 5) is 0. The second kappa shape index (κ2) is 6.63. The van der Waals surface area contributed by atoms with Crippen molar-refractivity contribution < 1.29 is 66.9 Å². The molecule has 0 aromatic heterocycles. The highest BCUT2D eigenvalue weighted by atomic mass is 19.4. The second-order valence-electron chi connectivity index (χ2n) is 4.59. The van der Waals surface area contributed by atoms with E-state index in [0.717, 1.165) is 6.92 Å². The van der Waals surface area contributed by atoms with Crippen molar-refractivity contribution in [3.63, 3.8) is 0 Å². The fraction of sp³-hybridized carbons (Fsp3) is 1.00. The van der Waals surface area contributed by atoms with E-state index in [9.17, 15) is 57.1 Å². The van der Waals surface area contributed by atoms with Crippen molar-refractivity contribution in [3.05, 3.63) is 0 Å². The smallest absolute Gasteiger partial charge is 0.384 e. The molecule has 0 amide bonds. The molecule has 15 heteroatoms. The molecule has 0 aliphatic carbocycles. The van der Waals surface area contributed by atoms with Crippen LogP contribution in [0.15, 0.2) is 0 Å². The maximum Gasteiger partial charge on any atom is 0.460 e. The number of alkyl halides is 13.